The fourth-order valence-corrected chi connectivity index (χ4v) is 3.92. The van der Waals surface area contributed by atoms with E-state index in [4.69, 9.17) is 5.11 Å². The highest BCUT2D eigenvalue weighted by molar-refractivity contribution is 7.15. The molecule has 0 bridgehead atoms. The van der Waals surface area contributed by atoms with Gasteiger partial charge in [-0.25, -0.2) is 9.97 Å². The van der Waals surface area contributed by atoms with E-state index in [2.05, 4.69) is 15.3 Å². The van der Waals surface area contributed by atoms with Gasteiger partial charge >= 0.3 is 5.97 Å². The molecule has 0 aliphatic heterocycles. The second-order valence-electron chi connectivity index (χ2n) is 4.49. The Morgan fingerprint density at radius 1 is 1.58 bits per heavy atom. The minimum atomic E-state index is -0.772. The number of carboxylic acids is 1. The van der Waals surface area contributed by atoms with Crippen molar-refractivity contribution in [2.24, 2.45) is 0 Å². The molecule has 2 aromatic rings. The number of aromatic nitrogens is 2. The zero-order valence-corrected chi connectivity index (χ0v) is 12.0. The van der Waals surface area contributed by atoms with Gasteiger partial charge in [-0.05, 0) is 19.8 Å². The maximum atomic E-state index is 11.1. The molecule has 19 heavy (non-hydrogen) atoms. The Kier molecular flexibility index (Phi) is 3.24. The van der Waals surface area contributed by atoms with Gasteiger partial charge < -0.3 is 10.4 Å². The summed E-state index contributed by atoms with van der Waals surface area (Å²) in [7, 11) is 0. The lowest BCUT2D eigenvalue weighted by Crippen LogP contribution is -2.09. The minimum Gasteiger partial charge on any atom is -0.481 e. The zero-order valence-electron chi connectivity index (χ0n) is 10.3. The van der Waals surface area contributed by atoms with Gasteiger partial charge in [0.15, 0.2) is 5.13 Å². The molecule has 2 aromatic heterocycles. The molecule has 5 nitrogen and oxygen atoms in total. The van der Waals surface area contributed by atoms with Crippen molar-refractivity contribution in [3.8, 4) is 0 Å². The molecule has 2 N–H and O–H groups in total. The van der Waals surface area contributed by atoms with Gasteiger partial charge in [0.2, 0.25) is 0 Å². The second kappa shape index (κ2) is 4.90. The highest BCUT2D eigenvalue weighted by Gasteiger charge is 2.32. The summed E-state index contributed by atoms with van der Waals surface area (Å²) in [6.07, 6.45) is 1.50. The number of nitrogens with one attached hydrogen (secondary N) is 1. The molecule has 0 amide bonds. The van der Waals surface area contributed by atoms with E-state index < -0.39 is 11.9 Å². The molecule has 0 saturated heterocycles. The predicted octanol–water partition coefficient (Wildman–Crippen LogP) is 2.63. The molecule has 1 aliphatic carbocycles. The molecule has 0 saturated carbocycles. The van der Waals surface area contributed by atoms with Gasteiger partial charge in [0.05, 0.1) is 12.2 Å². The summed E-state index contributed by atoms with van der Waals surface area (Å²) in [5, 5.41) is 16.2. The van der Waals surface area contributed by atoms with Crippen LogP contribution in [0, 0.1) is 6.92 Å². The van der Waals surface area contributed by atoms with Crippen LogP contribution >= 0.6 is 22.7 Å². The van der Waals surface area contributed by atoms with E-state index in [1.807, 2.05) is 12.3 Å². The summed E-state index contributed by atoms with van der Waals surface area (Å²) >= 11 is 3.17. The van der Waals surface area contributed by atoms with E-state index in [1.165, 1.54) is 0 Å². The standard InChI is InChI=1S/C12H13N3O2S2/c1-6-5-18-9(14-6)4-13-12-15-10-7(11(16)17)2-3-8(10)19-12/h5,7H,2-4H2,1H3,(H,13,15)(H,16,17). The number of thiazole rings is 2. The average Bonchev–Trinajstić information content (AvgIpc) is 3.00. The molecule has 0 aromatic carbocycles. The van der Waals surface area contributed by atoms with Gasteiger partial charge in [0.1, 0.15) is 10.9 Å². The van der Waals surface area contributed by atoms with Crippen LogP contribution in [0.25, 0.3) is 0 Å². The summed E-state index contributed by atoms with van der Waals surface area (Å²) in [4.78, 5) is 21.0. The van der Waals surface area contributed by atoms with E-state index in [9.17, 15) is 4.79 Å². The molecule has 1 unspecified atom stereocenters. The highest BCUT2D eigenvalue weighted by Crippen LogP contribution is 2.38. The topological polar surface area (TPSA) is 75.1 Å². The maximum Gasteiger partial charge on any atom is 0.312 e. The number of fused-ring (bicyclic) bond motifs is 1. The van der Waals surface area contributed by atoms with E-state index >= 15 is 0 Å². The van der Waals surface area contributed by atoms with Crippen LogP contribution in [0.4, 0.5) is 5.13 Å². The SMILES string of the molecule is Cc1csc(CNc2nc3c(s2)CCC3C(=O)O)n1. The molecule has 2 heterocycles. The first-order valence-electron chi connectivity index (χ1n) is 6.01. The van der Waals surface area contributed by atoms with E-state index in [1.54, 1.807) is 22.7 Å². The summed E-state index contributed by atoms with van der Waals surface area (Å²) in [6.45, 7) is 2.61. The van der Waals surface area contributed by atoms with Crippen LogP contribution in [0.3, 0.4) is 0 Å². The van der Waals surface area contributed by atoms with Crippen LogP contribution < -0.4 is 5.32 Å². The van der Waals surface area contributed by atoms with Crippen molar-refractivity contribution in [1.82, 2.24) is 9.97 Å². The Hall–Kier alpha value is -1.47. The Bertz CT molecular complexity index is 620. The van der Waals surface area contributed by atoms with E-state index in [-0.39, 0.29) is 0 Å². The number of aliphatic carboxylic acids is 1. The molecule has 1 aliphatic rings. The van der Waals surface area contributed by atoms with Gasteiger partial charge in [-0.1, -0.05) is 0 Å². The third-order valence-electron chi connectivity index (χ3n) is 3.07. The molecule has 0 fully saturated rings. The summed E-state index contributed by atoms with van der Waals surface area (Å²) < 4.78 is 0. The first-order chi connectivity index (χ1) is 9.13. The normalized spacial score (nSPS) is 17.4. The number of rotatable bonds is 4. The summed E-state index contributed by atoms with van der Waals surface area (Å²) in [6, 6.07) is 0. The largest absolute Gasteiger partial charge is 0.481 e. The maximum absolute atomic E-state index is 11.1. The number of hydrogen-bond donors (Lipinski definition) is 2. The fourth-order valence-electron chi connectivity index (χ4n) is 2.18. The lowest BCUT2D eigenvalue weighted by atomic mass is 10.1. The fraction of sp³-hybridized carbons (Fsp3) is 0.417. The minimum absolute atomic E-state index is 0.427. The number of carbonyl (C=O) groups is 1. The van der Waals surface area contributed by atoms with Crippen molar-refractivity contribution >= 4 is 33.8 Å². The van der Waals surface area contributed by atoms with Crippen molar-refractivity contribution in [1.29, 1.82) is 0 Å². The number of aryl methyl sites for hydroxylation is 2. The number of carboxylic acid groups (broad SMARTS) is 1. The molecule has 100 valence electrons. The average molecular weight is 295 g/mol. The second-order valence-corrected chi connectivity index (χ2v) is 6.52. The molecule has 3 rings (SSSR count). The highest BCUT2D eigenvalue weighted by atomic mass is 32.1. The van der Waals surface area contributed by atoms with Crippen molar-refractivity contribution in [2.75, 3.05) is 5.32 Å². The number of anilines is 1. The van der Waals surface area contributed by atoms with Crippen molar-refractivity contribution in [3.05, 3.63) is 26.7 Å². The summed E-state index contributed by atoms with van der Waals surface area (Å²) in [5.41, 5.74) is 1.77. The molecule has 0 radical (unpaired) electrons. The van der Waals surface area contributed by atoms with E-state index in [0.29, 0.717) is 13.0 Å². The van der Waals surface area contributed by atoms with Crippen molar-refractivity contribution < 1.29 is 9.90 Å². The Labute approximate surface area is 118 Å². The monoisotopic (exact) mass is 295 g/mol. The van der Waals surface area contributed by atoms with Gasteiger partial charge in [-0.2, -0.15) is 0 Å². The van der Waals surface area contributed by atoms with Crippen LogP contribution in [-0.4, -0.2) is 21.0 Å². The third kappa shape index (κ3) is 2.48. The van der Waals surface area contributed by atoms with Crippen molar-refractivity contribution in [3.63, 3.8) is 0 Å². The Morgan fingerprint density at radius 2 is 2.42 bits per heavy atom. The van der Waals surface area contributed by atoms with Gasteiger partial charge in [0.25, 0.3) is 0 Å². The van der Waals surface area contributed by atoms with Crippen LogP contribution in [0.5, 0.6) is 0 Å². The molecular formula is C12H13N3O2S2. The number of hydrogen-bond acceptors (Lipinski definition) is 6. The van der Waals surface area contributed by atoms with Crippen LogP contribution in [0.2, 0.25) is 0 Å². The quantitative estimate of drug-likeness (QED) is 0.907. The lowest BCUT2D eigenvalue weighted by molar-refractivity contribution is -0.138. The first-order valence-corrected chi connectivity index (χ1v) is 7.70. The van der Waals surface area contributed by atoms with Gasteiger partial charge in [-0.3, -0.25) is 4.79 Å². The lowest BCUT2D eigenvalue weighted by Gasteiger charge is -2.02. The van der Waals surface area contributed by atoms with Crippen LogP contribution in [-0.2, 0) is 17.8 Å². The molecule has 1 atom stereocenters. The van der Waals surface area contributed by atoms with Gasteiger partial charge in [0, 0.05) is 16.0 Å². The van der Waals surface area contributed by atoms with Gasteiger partial charge in [-0.15, -0.1) is 22.7 Å². The Balaban J connectivity index is 1.70. The summed E-state index contributed by atoms with van der Waals surface area (Å²) in [5.74, 6) is -1.20. The molecule has 0 spiro atoms. The molecular weight excluding hydrogens is 282 g/mol. The molecule has 7 heteroatoms. The van der Waals surface area contributed by atoms with Crippen LogP contribution in [0.15, 0.2) is 5.38 Å². The van der Waals surface area contributed by atoms with Crippen LogP contribution in [0.1, 0.15) is 33.6 Å². The van der Waals surface area contributed by atoms with E-state index in [0.717, 1.165) is 32.8 Å². The number of nitrogens with zero attached hydrogens (tertiary/aromatic N) is 2. The smallest absolute Gasteiger partial charge is 0.312 e. The Morgan fingerprint density at radius 3 is 3.11 bits per heavy atom. The zero-order chi connectivity index (χ0) is 13.4. The third-order valence-corrected chi connectivity index (χ3v) is 5.13. The first kappa shape index (κ1) is 12.6. The van der Waals surface area contributed by atoms with Crippen molar-refractivity contribution in [2.45, 2.75) is 32.2 Å². The predicted molar refractivity (Wildman–Crippen MR) is 75.0 cm³/mol.